The molecular weight excluding hydrogens is 386 g/mol. The first kappa shape index (κ1) is 22.4. The van der Waals surface area contributed by atoms with Gasteiger partial charge < -0.3 is 14.8 Å². The molecule has 4 unspecified atom stereocenters. The molecule has 2 aromatic rings. The topological polar surface area (TPSA) is 56.3 Å². The minimum absolute atomic E-state index is 0.417. The van der Waals surface area contributed by atoms with Gasteiger partial charge in [0.25, 0.3) is 0 Å². The second-order valence-electron chi connectivity index (χ2n) is 9.04. The van der Waals surface area contributed by atoms with Gasteiger partial charge in [-0.3, -0.25) is 9.97 Å². The summed E-state index contributed by atoms with van der Waals surface area (Å²) in [6.45, 7) is 2.08. The Kier molecular flexibility index (Phi) is 8.86. The SMILES string of the molecule is c1cncc(CCC2CCC(CCNCCC3CCC(CCc4cccnc4)O3)O2)c1. The van der Waals surface area contributed by atoms with Gasteiger partial charge in [-0.1, -0.05) is 12.1 Å². The molecule has 0 aromatic carbocycles. The van der Waals surface area contributed by atoms with Crippen LogP contribution in [0, 0.1) is 0 Å². The molecule has 0 spiro atoms. The largest absolute Gasteiger partial charge is 0.375 e. The predicted octanol–water partition coefficient (Wildman–Crippen LogP) is 4.51. The van der Waals surface area contributed by atoms with E-state index in [-0.39, 0.29) is 0 Å². The maximum atomic E-state index is 6.25. The molecule has 5 heteroatoms. The number of nitrogens with one attached hydrogen (secondary N) is 1. The van der Waals surface area contributed by atoms with E-state index in [0.717, 1.165) is 51.6 Å². The van der Waals surface area contributed by atoms with Crippen molar-refractivity contribution in [2.45, 2.75) is 88.6 Å². The fraction of sp³-hybridized carbons (Fsp3) is 0.615. The van der Waals surface area contributed by atoms with Crippen molar-refractivity contribution in [1.82, 2.24) is 15.3 Å². The fourth-order valence-corrected chi connectivity index (χ4v) is 4.81. The summed E-state index contributed by atoms with van der Waals surface area (Å²) in [5.74, 6) is 0. The smallest absolute Gasteiger partial charge is 0.0592 e. The van der Waals surface area contributed by atoms with E-state index in [2.05, 4.69) is 27.4 Å². The summed E-state index contributed by atoms with van der Waals surface area (Å²) in [5.41, 5.74) is 2.62. The van der Waals surface area contributed by atoms with Crippen LogP contribution in [0.15, 0.2) is 49.1 Å². The van der Waals surface area contributed by atoms with Crippen LogP contribution in [0.3, 0.4) is 0 Å². The van der Waals surface area contributed by atoms with E-state index in [9.17, 15) is 0 Å². The van der Waals surface area contributed by atoms with Gasteiger partial charge in [0.1, 0.15) is 0 Å². The monoisotopic (exact) mass is 423 g/mol. The van der Waals surface area contributed by atoms with Crippen molar-refractivity contribution < 1.29 is 9.47 Å². The molecule has 5 nitrogen and oxygen atoms in total. The zero-order chi connectivity index (χ0) is 21.1. The molecule has 4 atom stereocenters. The minimum Gasteiger partial charge on any atom is -0.375 e. The first-order valence-corrected chi connectivity index (χ1v) is 12.1. The van der Waals surface area contributed by atoms with E-state index < -0.39 is 0 Å². The number of aryl methyl sites for hydroxylation is 2. The van der Waals surface area contributed by atoms with Crippen molar-refractivity contribution in [3.05, 3.63) is 60.2 Å². The summed E-state index contributed by atoms with van der Waals surface area (Å²) < 4.78 is 12.5. The van der Waals surface area contributed by atoms with Crippen molar-refractivity contribution >= 4 is 0 Å². The van der Waals surface area contributed by atoms with Crippen LogP contribution >= 0.6 is 0 Å². The van der Waals surface area contributed by atoms with E-state index in [4.69, 9.17) is 9.47 Å². The van der Waals surface area contributed by atoms with Gasteiger partial charge in [-0.2, -0.15) is 0 Å². The van der Waals surface area contributed by atoms with Crippen molar-refractivity contribution in [2.24, 2.45) is 0 Å². The number of hydrogen-bond acceptors (Lipinski definition) is 5. The molecule has 2 aliphatic heterocycles. The first-order valence-electron chi connectivity index (χ1n) is 12.1. The van der Waals surface area contributed by atoms with Crippen LogP contribution in [-0.4, -0.2) is 47.5 Å². The Morgan fingerprint density at radius 3 is 1.55 bits per heavy atom. The van der Waals surface area contributed by atoms with Crippen LogP contribution in [0.1, 0.15) is 62.5 Å². The molecule has 4 rings (SSSR count). The Morgan fingerprint density at radius 2 is 1.13 bits per heavy atom. The van der Waals surface area contributed by atoms with Crippen LogP contribution in [0.2, 0.25) is 0 Å². The second-order valence-corrected chi connectivity index (χ2v) is 9.04. The predicted molar refractivity (Wildman–Crippen MR) is 123 cm³/mol. The molecule has 2 aliphatic rings. The zero-order valence-corrected chi connectivity index (χ0v) is 18.6. The second kappa shape index (κ2) is 12.3. The minimum atomic E-state index is 0.417. The van der Waals surface area contributed by atoms with Crippen molar-refractivity contribution in [3.8, 4) is 0 Å². The molecule has 0 radical (unpaired) electrons. The maximum Gasteiger partial charge on any atom is 0.0592 e. The third-order valence-electron chi connectivity index (χ3n) is 6.63. The first-order chi connectivity index (χ1) is 15.3. The third kappa shape index (κ3) is 7.67. The van der Waals surface area contributed by atoms with Crippen molar-refractivity contribution in [3.63, 3.8) is 0 Å². The standard InChI is InChI=1S/C26H37N3O2/c1-3-21(19-28-15-1)5-7-23-9-11-25(30-23)13-17-27-18-14-26-12-10-24(31-26)8-6-22-4-2-16-29-20-22/h1-4,15-16,19-20,23-27H,5-14,17-18H2. The summed E-state index contributed by atoms with van der Waals surface area (Å²) in [6, 6.07) is 8.33. The van der Waals surface area contributed by atoms with Gasteiger partial charge in [0, 0.05) is 24.8 Å². The zero-order valence-electron chi connectivity index (χ0n) is 18.6. The van der Waals surface area contributed by atoms with E-state index in [1.807, 2.05) is 36.9 Å². The van der Waals surface area contributed by atoms with Gasteiger partial charge in [-0.15, -0.1) is 0 Å². The Morgan fingerprint density at radius 1 is 0.677 bits per heavy atom. The molecule has 0 aliphatic carbocycles. The Bertz CT molecular complexity index is 679. The Labute approximate surface area is 187 Å². The van der Waals surface area contributed by atoms with Crippen LogP contribution < -0.4 is 5.32 Å². The fourth-order valence-electron chi connectivity index (χ4n) is 4.81. The number of pyridine rings is 2. The number of rotatable bonds is 12. The molecule has 4 heterocycles. The summed E-state index contributed by atoms with van der Waals surface area (Å²) in [6.07, 6.45) is 20.6. The van der Waals surface area contributed by atoms with Crippen LogP contribution in [0.5, 0.6) is 0 Å². The van der Waals surface area contributed by atoms with Crippen LogP contribution in [-0.2, 0) is 22.3 Å². The van der Waals surface area contributed by atoms with E-state index in [1.54, 1.807) is 0 Å². The van der Waals surface area contributed by atoms with E-state index in [1.165, 1.54) is 36.8 Å². The lowest BCUT2D eigenvalue weighted by molar-refractivity contribution is 0.0332. The van der Waals surface area contributed by atoms with Gasteiger partial charge in [-0.25, -0.2) is 0 Å². The van der Waals surface area contributed by atoms with Gasteiger partial charge >= 0.3 is 0 Å². The average molecular weight is 424 g/mol. The molecule has 0 bridgehead atoms. The highest BCUT2D eigenvalue weighted by molar-refractivity contribution is 5.09. The highest BCUT2D eigenvalue weighted by Crippen LogP contribution is 2.26. The molecule has 31 heavy (non-hydrogen) atoms. The normalized spacial score (nSPS) is 25.8. The summed E-state index contributed by atoms with van der Waals surface area (Å²) in [5, 5.41) is 3.61. The summed E-state index contributed by atoms with van der Waals surface area (Å²) >= 11 is 0. The van der Waals surface area contributed by atoms with E-state index >= 15 is 0 Å². The third-order valence-corrected chi connectivity index (χ3v) is 6.63. The highest BCUT2D eigenvalue weighted by atomic mass is 16.5. The van der Waals surface area contributed by atoms with Gasteiger partial charge in [0.05, 0.1) is 24.4 Å². The molecule has 168 valence electrons. The summed E-state index contributed by atoms with van der Waals surface area (Å²) in [7, 11) is 0. The highest BCUT2D eigenvalue weighted by Gasteiger charge is 2.26. The van der Waals surface area contributed by atoms with Gasteiger partial charge in [-0.05, 0) is 101 Å². The number of hydrogen-bond donors (Lipinski definition) is 1. The van der Waals surface area contributed by atoms with Gasteiger partial charge in [0.15, 0.2) is 0 Å². The summed E-state index contributed by atoms with van der Waals surface area (Å²) in [4.78, 5) is 8.39. The maximum absolute atomic E-state index is 6.25. The van der Waals surface area contributed by atoms with Crippen molar-refractivity contribution in [2.75, 3.05) is 13.1 Å². The lowest BCUT2D eigenvalue weighted by atomic mass is 10.1. The lowest BCUT2D eigenvalue weighted by Gasteiger charge is -2.16. The number of aromatic nitrogens is 2. The molecule has 2 fully saturated rings. The number of ether oxygens (including phenoxy) is 2. The van der Waals surface area contributed by atoms with E-state index in [0.29, 0.717) is 24.4 Å². The Balaban J connectivity index is 1.01. The molecule has 2 saturated heterocycles. The Hall–Kier alpha value is -1.82. The molecule has 0 saturated carbocycles. The lowest BCUT2D eigenvalue weighted by Crippen LogP contribution is -2.25. The quantitative estimate of drug-likeness (QED) is 0.509. The molecule has 2 aromatic heterocycles. The molecule has 1 N–H and O–H groups in total. The molecule has 0 amide bonds. The van der Waals surface area contributed by atoms with Gasteiger partial charge in [0.2, 0.25) is 0 Å². The number of nitrogens with zero attached hydrogens (tertiary/aromatic N) is 2. The van der Waals surface area contributed by atoms with Crippen molar-refractivity contribution in [1.29, 1.82) is 0 Å². The van der Waals surface area contributed by atoms with Crippen LogP contribution in [0.25, 0.3) is 0 Å². The molecular formula is C26H37N3O2. The van der Waals surface area contributed by atoms with Crippen LogP contribution in [0.4, 0.5) is 0 Å². The average Bonchev–Trinajstić information content (AvgIpc) is 3.47.